The van der Waals surface area contributed by atoms with Crippen molar-refractivity contribution >= 4 is 5.91 Å². The summed E-state index contributed by atoms with van der Waals surface area (Å²) >= 11 is 0. The van der Waals surface area contributed by atoms with Gasteiger partial charge in [0.15, 0.2) is 0 Å². The topological polar surface area (TPSA) is 35.6 Å². The van der Waals surface area contributed by atoms with E-state index < -0.39 is 0 Å². The smallest absolute Gasteiger partial charge is 0.268 e. The molecule has 1 aromatic rings. The third kappa shape index (κ3) is 2.84. The Morgan fingerprint density at radius 3 is 2.53 bits per heavy atom. The molecule has 0 atom stereocenters. The summed E-state index contributed by atoms with van der Waals surface area (Å²) in [4.78, 5) is 12.3. The Labute approximate surface area is 102 Å². The van der Waals surface area contributed by atoms with Gasteiger partial charge in [-0.05, 0) is 19.1 Å². The van der Waals surface area contributed by atoms with Crippen LogP contribution in [0.25, 0.3) is 0 Å². The summed E-state index contributed by atoms with van der Waals surface area (Å²) in [5.74, 6) is 0.0926. The quantitative estimate of drug-likeness (QED) is 0.845. The summed E-state index contributed by atoms with van der Waals surface area (Å²) in [5, 5.41) is 7.27. The summed E-state index contributed by atoms with van der Waals surface area (Å²) in [6, 6.07) is 9.47. The fourth-order valence-corrected chi connectivity index (χ4v) is 2.10. The Kier molecular flexibility index (Phi) is 4.12. The number of carbonyl (C=O) groups excluding carboxylic acids is 1. The molecule has 92 valence electrons. The Balaban J connectivity index is 2.09. The molecule has 1 saturated heterocycles. The molecule has 0 radical (unpaired) electrons. The van der Waals surface area contributed by atoms with E-state index in [0.717, 1.165) is 31.7 Å². The number of rotatable bonds is 3. The van der Waals surface area contributed by atoms with Gasteiger partial charge >= 0.3 is 0 Å². The van der Waals surface area contributed by atoms with Gasteiger partial charge in [-0.15, -0.1) is 0 Å². The number of carbonyl (C=O) groups is 1. The second-order valence-electron chi connectivity index (χ2n) is 4.09. The van der Waals surface area contributed by atoms with Gasteiger partial charge in [0.1, 0.15) is 0 Å². The van der Waals surface area contributed by atoms with Gasteiger partial charge in [0.2, 0.25) is 0 Å². The molecule has 0 aromatic heterocycles. The zero-order valence-electron chi connectivity index (χ0n) is 10.2. The highest BCUT2D eigenvalue weighted by Gasteiger charge is 2.22. The zero-order valence-corrected chi connectivity index (χ0v) is 10.2. The molecule has 0 unspecified atom stereocenters. The fraction of sp³-hybridized carbons (Fsp3) is 0.462. The number of piperazine rings is 1. The first-order valence-corrected chi connectivity index (χ1v) is 6.15. The van der Waals surface area contributed by atoms with Crippen LogP contribution in [0.4, 0.5) is 0 Å². The van der Waals surface area contributed by atoms with Gasteiger partial charge in [-0.2, -0.15) is 0 Å². The molecule has 1 heterocycles. The molecule has 1 aliphatic rings. The predicted octanol–water partition coefficient (Wildman–Crippen LogP) is 0.969. The lowest BCUT2D eigenvalue weighted by Crippen LogP contribution is -2.54. The summed E-state index contributed by atoms with van der Waals surface area (Å²) < 4.78 is 0. The third-order valence-corrected chi connectivity index (χ3v) is 2.99. The van der Waals surface area contributed by atoms with Crippen molar-refractivity contribution in [1.82, 2.24) is 15.3 Å². The van der Waals surface area contributed by atoms with E-state index in [9.17, 15) is 4.79 Å². The van der Waals surface area contributed by atoms with Crippen LogP contribution < -0.4 is 5.32 Å². The van der Waals surface area contributed by atoms with E-state index in [1.165, 1.54) is 0 Å². The average Bonchev–Trinajstić information content (AvgIpc) is 2.42. The van der Waals surface area contributed by atoms with E-state index in [1.807, 2.05) is 42.3 Å². The summed E-state index contributed by atoms with van der Waals surface area (Å²) in [6.07, 6.45) is 0. The van der Waals surface area contributed by atoms with Crippen LogP contribution in [0, 0.1) is 0 Å². The van der Waals surface area contributed by atoms with E-state index in [4.69, 9.17) is 0 Å². The van der Waals surface area contributed by atoms with Crippen LogP contribution >= 0.6 is 0 Å². The van der Waals surface area contributed by atoms with Crippen molar-refractivity contribution < 1.29 is 4.79 Å². The summed E-state index contributed by atoms with van der Waals surface area (Å²) in [5.41, 5.74) is 0.757. The second kappa shape index (κ2) is 5.80. The minimum atomic E-state index is 0.0926. The number of hydrogen-bond donors (Lipinski definition) is 1. The van der Waals surface area contributed by atoms with E-state index in [1.54, 1.807) is 0 Å². The summed E-state index contributed by atoms with van der Waals surface area (Å²) in [7, 11) is 0. The van der Waals surface area contributed by atoms with Gasteiger partial charge in [0.25, 0.3) is 5.91 Å². The van der Waals surface area contributed by atoms with Gasteiger partial charge in [0.05, 0.1) is 0 Å². The first-order valence-electron chi connectivity index (χ1n) is 6.15. The molecule has 4 nitrogen and oxygen atoms in total. The van der Waals surface area contributed by atoms with E-state index in [0.29, 0.717) is 6.54 Å². The number of benzene rings is 1. The van der Waals surface area contributed by atoms with Crippen LogP contribution in [-0.2, 0) is 0 Å². The Hall–Kier alpha value is -1.39. The van der Waals surface area contributed by atoms with Gasteiger partial charge in [-0.3, -0.25) is 9.80 Å². The third-order valence-electron chi connectivity index (χ3n) is 2.99. The lowest BCUT2D eigenvalue weighted by atomic mass is 10.2. The maximum Gasteiger partial charge on any atom is 0.268 e. The molecule has 4 heteroatoms. The van der Waals surface area contributed by atoms with E-state index in [2.05, 4.69) is 10.3 Å². The molecule has 0 bridgehead atoms. The largest absolute Gasteiger partial charge is 0.314 e. The van der Waals surface area contributed by atoms with Gasteiger partial charge in [0, 0.05) is 38.3 Å². The minimum Gasteiger partial charge on any atom is -0.314 e. The normalized spacial score (nSPS) is 16.8. The van der Waals surface area contributed by atoms with Crippen molar-refractivity contribution in [3.63, 3.8) is 0 Å². The van der Waals surface area contributed by atoms with Crippen LogP contribution in [-0.4, -0.2) is 48.6 Å². The van der Waals surface area contributed by atoms with Crippen LogP contribution in [0.2, 0.25) is 0 Å². The minimum absolute atomic E-state index is 0.0926. The number of nitrogens with one attached hydrogen (secondary N) is 1. The Bertz CT molecular complexity index is 360. The molecule has 1 aliphatic heterocycles. The molecule has 0 saturated carbocycles. The van der Waals surface area contributed by atoms with Crippen LogP contribution in [0.5, 0.6) is 0 Å². The van der Waals surface area contributed by atoms with Crippen molar-refractivity contribution in [2.45, 2.75) is 6.92 Å². The van der Waals surface area contributed by atoms with Gasteiger partial charge < -0.3 is 5.32 Å². The Morgan fingerprint density at radius 2 is 1.94 bits per heavy atom. The van der Waals surface area contributed by atoms with Crippen LogP contribution in [0.3, 0.4) is 0 Å². The zero-order chi connectivity index (χ0) is 12.1. The van der Waals surface area contributed by atoms with Crippen molar-refractivity contribution in [3.8, 4) is 0 Å². The maximum atomic E-state index is 12.3. The molecule has 1 amide bonds. The molecule has 2 rings (SSSR count). The average molecular weight is 233 g/mol. The molecule has 1 aromatic carbocycles. The SMILES string of the molecule is CCN(C(=O)c1ccccc1)N1CCNCC1. The first kappa shape index (κ1) is 12.1. The monoisotopic (exact) mass is 233 g/mol. The molecular formula is C13H19N3O. The molecule has 1 fully saturated rings. The molecule has 0 spiro atoms. The van der Waals surface area contributed by atoms with Crippen molar-refractivity contribution in [2.24, 2.45) is 0 Å². The first-order chi connectivity index (χ1) is 8.33. The number of nitrogens with zero attached hydrogens (tertiary/aromatic N) is 2. The maximum absolute atomic E-state index is 12.3. The second-order valence-corrected chi connectivity index (χ2v) is 4.09. The van der Waals surface area contributed by atoms with Crippen molar-refractivity contribution in [3.05, 3.63) is 35.9 Å². The molecule has 17 heavy (non-hydrogen) atoms. The molecule has 0 aliphatic carbocycles. The van der Waals surface area contributed by atoms with Gasteiger partial charge in [-0.1, -0.05) is 18.2 Å². The highest BCUT2D eigenvalue weighted by atomic mass is 16.2. The highest BCUT2D eigenvalue weighted by Crippen LogP contribution is 2.08. The molecule has 1 N–H and O–H groups in total. The van der Waals surface area contributed by atoms with E-state index >= 15 is 0 Å². The lowest BCUT2D eigenvalue weighted by Gasteiger charge is -2.37. The Morgan fingerprint density at radius 1 is 1.29 bits per heavy atom. The number of hydrogen-bond acceptors (Lipinski definition) is 3. The van der Waals surface area contributed by atoms with Gasteiger partial charge in [-0.25, -0.2) is 5.01 Å². The predicted molar refractivity (Wildman–Crippen MR) is 67.6 cm³/mol. The highest BCUT2D eigenvalue weighted by molar-refractivity contribution is 5.93. The van der Waals surface area contributed by atoms with E-state index in [-0.39, 0.29) is 5.91 Å². The van der Waals surface area contributed by atoms with Crippen LogP contribution in [0.15, 0.2) is 30.3 Å². The van der Waals surface area contributed by atoms with Crippen LogP contribution in [0.1, 0.15) is 17.3 Å². The van der Waals surface area contributed by atoms with Crippen molar-refractivity contribution in [1.29, 1.82) is 0 Å². The lowest BCUT2D eigenvalue weighted by molar-refractivity contribution is -0.0140. The van der Waals surface area contributed by atoms with Crippen molar-refractivity contribution in [2.75, 3.05) is 32.7 Å². The summed E-state index contributed by atoms with van der Waals surface area (Å²) in [6.45, 7) is 6.41. The fourth-order valence-electron chi connectivity index (χ4n) is 2.10. The molecular weight excluding hydrogens is 214 g/mol. The number of amides is 1. The standard InChI is InChI=1S/C13H19N3O/c1-2-16(15-10-8-14-9-11-15)13(17)12-6-4-3-5-7-12/h3-7,14H,2,8-11H2,1H3. The number of hydrazine groups is 1.